The lowest BCUT2D eigenvalue weighted by molar-refractivity contribution is -0.123. The van der Waals surface area contributed by atoms with E-state index in [0.29, 0.717) is 34.2 Å². The van der Waals surface area contributed by atoms with Crippen molar-refractivity contribution in [3.8, 4) is 0 Å². The normalized spacial score (nSPS) is 16.4. The fraction of sp³-hybridized carbons (Fsp3) is 0.150. The van der Waals surface area contributed by atoms with E-state index >= 15 is 0 Å². The van der Waals surface area contributed by atoms with E-state index in [1.54, 1.807) is 17.3 Å². The van der Waals surface area contributed by atoms with Gasteiger partial charge >= 0.3 is 0 Å². The Bertz CT molecular complexity index is 901. The number of halogens is 1. The molecule has 2 heterocycles. The van der Waals surface area contributed by atoms with Gasteiger partial charge in [0.05, 0.1) is 11.4 Å². The summed E-state index contributed by atoms with van der Waals surface area (Å²) in [5, 5.41) is 14.0. The molecule has 3 rings (SSSR count). The van der Waals surface area contributed by atoms with Crippen LogP contribution in [0.2, 0.25) is 5.02 Å². The van der Waals surface area contributed by atoms with Crippen molar-refractivity contribution < 1.29 is 14.6 Å². The first kappa shape index (κ1) is 18.8. The van der Waals surface area contributed by atoms with Crippen LogP contribution in [0.1, 0.15) is 5.56 Å². The molecular formula is C20H20ClN3O3. The number of hydrogen-bond donors (Lipinski definition) is 2. The number of ether oxygens (including phenoxy) is 1. The average Bonchev–Trinajstić information content (AvgIpc) is 2.62. The summed E-state index contributed by atoms with van der Waals surface area (Å²) in [6, 6.07) is 7.55. The van der Waals surface area contributed by atoms with Gasteiger partial charge in [-0.05, 0) is 17.7 Å². The number of carbonyl (C=O) groups is 1. The quantitative estimate of drug-likeness (QED) is 0.813. The van der Waals surface area contributed by atoms with Gasteiger partial charge in [-0.2, -0.15) is 0 Å². The number of benzene rings is 1. The van der Waals surface area contributed by atoms with Crippen molar-refractivity contribution in [2.45, 2.75) is 6.54 Å². The molecule has 27 heavy (non-hydrogen) atoms. The number of rotatable bonds is 5. The molecule has 1 aromatic carbocycles. The van der Waals surface area contributed by atoms with Crippen LogP contribution in [0, 0.1) is 0 Å². The van der Waals surface area contributed by atoms with Crippen molar-refractivity contribution >= 4 is 17.5 Å². The summed E-state index contributed by atoms with van der Waals surface area (Å²) in [5.41, 5.74) is 2.84. The summed E-state index contributed by atoms with van der Waals surface area (Å²) in [4.78, 5) is 15.4. The van der Waals surface area contributed by atoms with Crippen LogP contribution >= 0.6 is 11.6 Å². The molecule has 0 aliphatic carbocycles. The highest BCUT2D eigenvalue weighted by Crippen LogP contribution is 2.35. The van der Waals surface area contributed by atoms with E-state index in [4.69, 9.17) is 16.3 Å². The van der Waals surface area contributed by atoms with E-state index in [2.05, 4.69) is 18.5 Å². The van der Waals surface area contributed by atoms with E-state index in [1.165, 1.54) is 7.11 Å². The highest BCUT2D eigenvalue weighted by molar-refractivity contribution is 6.30. The van der Waals surface area contributed by atoms with Gasteiger partial charge in [0.2, 0.25) is 5.91 Å². The molecule has 2 N–H and O–H groups in total. The molecule has 0 saturated carbocycles. The number of aliphatic hydroxyl groups is 1. The summed E-state index contributed by atoms with van der Waals surface area (Å²) in [6.07, 6.45) is 5.31. The maximum absolute atomic E-state index is 11.8. The third kappa shape index (κ3) is 3.92. The Morgan fingerprint density at radius 2 is 2.11 bits per heavy atom. The Labute approximate surface area is 163 Å². The highest BCUT2D eigenvalue weighted by atomic mass is 35.5. The average molecular weight is 386 g/mol. The minimum atomic E-state index is -0.330. The van der Waals surface area contributed by atoms with Crippen molar-refractivity contribution in [1.82, 2.24) is 15.1 Å². The minimum absolute atomic E-state index is 0.0457. The van der Waals surface area contributed by atoms with Gasteiger partial charge in [-0.15, -0.1) is 0 Å². The first-order chi connectivity index (χ1) is 12.9. The van der Waals surface area contributed by atoms with Gasteiger partial charge in [-0.3, -0.25) is 4.79 Å². The summed E-state index contributed by atoms with van der Waals surface area (Å²) in [7, 11) is 1.44. The van der Waals surface area contributed by atoms with Crippen molar-refractivity contribution in [3.63, 3.8) is 0 Å². The second-order valence-corrected chi connectivity index (χ2v) is 6.55. The Morgan fingerprint density at radius 3 is 2.81 bits per heavy atom. The minimum Gasteiger partial charge on any atom is -0.505 e. The van der Waals surface area contributed by atoms with Crippen LogP contribution < -0.4 is 5.32 Å². The predicted molar refractivity (Wildman–Crippen MR) is 104 cm³/mol. The largest absolute Gasteiger partial charge is 0.505 e. The molecule has 0 saturated heterocycles. The first-order valence-corrected chi connectivity index (χ1v) is 8.59. The second-order valence-electron chi connectivity index (χ2n) is 6.11. The van der Waals surface area contributed by atoms with E-state index in [-0.39, 0.29) is 18.3 Å². The fourth-order valence-electron chi connectivity index (χ4n) is 2.86. The zero-order valence-electron chi connectivity index (χ0n) is 14.9. The van der Waals surface area contributed by atoms with Crippen LogP contribution in [0.25, 0.3) is 0 Å². The lowest BCUT2D eigenvalue weighted by Gasteiger charge is -2.37. The molecular weight excluding hydrogens is 366 g/mol. The number of fused-ring (bicyclic) bond motifs is 1. The third-order valence-electron chi connectivity index (χ3n) is 4.18. The molecule has 0 atom stereocenters. The predicted octanol–water partition coefficient (Wildman–Crippen LogP) is 3.39. The third-order valence-corrected chi connectivity index (χ3v) is 4.42. The summed E-state index contributed by atoms with van der Waals surface area (Å²) >= 11 is 6.05. The van der Waals surface area contributed by atoms with Crippen LogP contribution in [0.5, 0.6) is 0 Å². The zero-order valence-corrected chi connectivity index (χ0v) is 15.7. The van der Waals surface area contributed by atoms with E-state index < -0.39 is 0 Å². The molecule has 0 bridgehead atoms. The Balaban J connectivity index is 1.84. The Hall–Kier alpha value is -2.96. The van der Waals surface area contributed by atoms with Crippen molar-refractivity contribution in [1.29, 1.82) is 0 Å². The monoisotopic (exact) mass is 385 g/mol. The highest BCUT2D eigenvalue weighted by Gasteiger charge is 2.29. The van der Waals surface area contributed by atoms with Gasteiger partial charge in [-0.1, -0.05) is 36.9 Å². The number of amides is 1. The smallest absolute Gasteiger partial charge is 0.250 e. The molecule has 2 aliphatic heterocycles. The van der Waals surface area contributed by atoms with Crippen LogP contribution in [-0.2, 0) is 16.1 Å². The molecule has 0 unspecified atom stereocenters. The van der Waals surface area contributed by atoms with Gasteiger partial charge in [0.1, 0.15) is 18.1 Å². The van der Waals surface area contributed by atoms with Crippen molar-refractivity contribution in [2.24, 2.45) is 0 Å². The standard InChI is InChI=1S/C20H20ClN3O3/c1-13-17(22-18(25)12-27-3)11-24-8-7-23(14(2)19(24)20(13)26)10-15-5-4-6-16(21)9-15/h4-9,11,26H,1-2,10,12H2,3H3,(H,22,25). The molecule has 7 heteroatoms. The van der Waals surface area contributed by atoms with Crippen LogP contribution in [0.4, 0.5) is 0 Å². The zero-order chi connectivity index (χ0) is 19.6. The second kappa shape index (κ2) is 7.73. The van der Waals surface area contributed by atoms with Crippen LogP contribution in [0.3, 0.4) is 0 Å². The van der Waals surface area contributed by atoms with Crippen molar-refractivity contribution in [3.05, 3.63) is 95.0 Å². The number of nitrogens with zero attached hydrogens (tertiary/aromatic N) is 2. The number of aliphatic hydroxyl groups excluding tert-OH is 1. The molecule has 6 nitrogen and oxygen atoms in total. The number of nitrogens with one attached hydrogen (secondary N) is 1. The van der Waals surface area contributed by atoms with E-state index in [0.717, 1.165) is 5.56 Å². The molecule has 2 aliphatic rings. The lowest BCUT2D eigenvalue weighted by Crippen LogP contribution is -2.35. The van der Waals surface area contributed by atoms with E-state index in [1.807, 2.05) is 35.4 Å². The number of carbonyl (C=O) groups excluding carboxylic acids is 1. The molecule has 1 amide bonds. The van der Waals surface area contributed by atoms with Gasteiger partial charge in [0.25, 0.3) is 0 Å². The summed E-state index contributed by atoms with van der Waals surface area (Å²) in [6.45, 7) is 8.44. The molecule has 1 aromatic rings. The number of hydrogen-bond acceptors (Lipinski definition) is 5. The van der Waals surface area contributed by atoms with Crippen LogP contribution in [0.15, 0.2) is 84.4 Å². The summed E-state index contributed by atoms with van der Waals surface area (Å²) in [5.74, 6) is -0.376. The molecule has 0 fully saturated rings. The maximum Gasteiger partial charge on any atom is 0.250 e. The van der Waals surface area contributed by atoms with Crippen molar-refractivity contribution in [2.75, 3.05) is 13.7 Å². The molecule has 0 aromatic heterocycles. The maximum atomic E-state index is 11.8. The Kier molecular flexibility index (Phi) is 5.39. The van der Waals surface area contributed by atoms with Gasteiger partial charge in [0.15, 0.2) is 0 Å². The SMILES string of the molecule is C=C1C(NC(=O)COC)=CN2C=CN(Cc3cccc(Cl)c3)C(=C)C2=C1O. The van der Waals surface area contributed by atoms with Gasteiger partial charge in [-0.25, -0.2) is 0 Å². The number of methoxy groups -OCH3 is 1. The first-order valence-electron chi connectivity index (χ1n) is 8.21. The van der Waals surface area contributed by atoms with Gasteiger partial charge in [0, 0.05) is 42.9 Å². The lowest BCUT2D eigenvalue weighted by atomic mass is 10.0. The van der Waals surface area contributed by atoms with E-state index in [9.17, 15) is 9.90 Å². The summed E-state index contributed by atoms with van der Waals surface area (Å²) < 4.78 is 4.81. The molecule has 0 radical (unpaired) electrons. The van der Waals surface area contributed by atoms with Gasteiger partial charge < -0.3 is 25.0 Å². The molecule has 0 spiro atoms. The topological polar surface area (TPSA) is 65.0 Å². The Morgan fingerprint density at radius 1 is 1.33 bits per heavy atom. The fourth-order valence-corrected chi connectivity index (χ4v) is 3.07. The van der Waals surface area contributed by atoms with Crippen LogP contribution in [-0.4, -0.2) is 34.5 Å². The molecule has 140 valence electrons.